The zero-order chi connectivity index (χ0) is 17.5. The van der Waals surface area contributed by atoms with Crippen LogP contribution in [-0.2, 0) is 6.42 Å². The molecule has 0 fully saturated rings. The van der Waals surface area contributed by atoms with Gasteiger partial charge in [-0.15, -0.1) is 0 Å². The van der Waals surface area contributed by atoms with Gasteiger partial charge in [-0.2, -0.15) is 0 Å². The summed E-state index contributed by atoms with van der Waals surface area (Å²) in [4.78, 5) is 4.08. The minimum atomic E-state index is -0.372. The lowest BCUT2D eigenvalue weighted by Gasteiger charge is -2.13. The van der Waals surface area contributed by atoms with Crippen molar-refractivity contribution in [2.75, 3.05) is 18.5 Å². The van der Waals surface area contributed by atoms with Crippen LogP contribution in [0.5, 0.6) is 5.75 Å². The molecule has 0 aliphatic carbocycles. The highest BCUT2D eigenvalue weighted by Crippen LogP contribution is 2.30. The van der Waals surface area contributed by atoms with Gasteiger partial charge in [0.15, 0.2) is 5.11 Å². The number of nitrogens with one attached hydrogen (secondary N) is 2. The molecule has 0 bridgehead atoms. The summed E-state index contributed by atoms with van der Waals surface area (Å²) in [6.45, 7) is 2.71. The average molecular weight is 388 g/mol. The third kappa shape index (κ3) is 5.19. The Hall–Kier alpha value is -1.63. The van der Waals surface area contributed by atoms with Crippen molar-refractivity contribution >= 4 is 46.4 Å². The summed E-state index contributed by atoms with van der Waals surface area (Å²) in [5.41, 5.74) is 0.391. The zero-order valence-corrected chi connectivity index (χ0v) is 15.2. The lowest BCUT2D eigenvalue weighted by molar-refractivity contribution is 0.339. The van der Waals surface area contributed by atoms with Crippen molar-refractivity contribution in [3.05, 3.63) is 51.9 Å². The second kappa shape index (κ2) is 9.01. The molecule has 0 saturated heterocycles. The molecule has 2 N–H and O–H groups in total. The van der Waals surface area contributed by atoms with Gasteiger partial charge in [0.2, 0.25) is 0 Å². The first-order valence-electron chi connectivity index (χ1n) is 7.27. The Morgan fingerprint density at radius 1 is 1.29 bits per heavy atom. The van der Waals surface area contributed by atoms with E-state index in [2.05, 4.69) is 15.6 Å². The Bertz CT molecular complexity index is 713. The lowest BCUT2D eigenvalue weighted by Crippen LogP contribution is -2.30. The van der Waals surface area contributed by atoms with E-state index in [-0.39, 0.29) is 10.8 Å². The van der Waals surface area contributed by atoms with Gasteiger partial charge < -0.3 is 15.4 Å². The van der Waals surface area contributed by atoms with Gasteiger partial charge in [0.05, 0.1) is 16.7 Å². The second-order valence-corrected chi connectivity index (χ2v) is 5.99. The Labute approximate surface area is 155 Å². The number of hydrogen-bond acceptors (Lipinski definition) is 3. The van der Waals surface area contributed by atoms with Gasteiger partial charge in [0.25, 0.3) is 0 Å². The van der Waals surface area contributed by atoms with Gasteiger partial charge >= 0.3 is 0 Å². The predicted octanol–water partition coefficient (Wildman–Crippen LogP) is 4.46. The largest absolute Gasteiger partial charge is 0.492 e. The highest BCUT2D eigenvalue weighted by molar-refractivity contribution is 7.80. The molecule has 1 aromatic carbocycles. The number of ether oxygens (including phenoxy) is 1. The Kier molecular flexibility index (Phi) is 7.02. The number of pyridine rings is 1. The van der Waals surface area contributed by atoms with E-state index in [9.17, 15) is 4.39 Å². The molecule has 4 nitrogen and oxygen atoms in total. The molecule has 24 heavy (non-hydrogen) atoms. The van der Waals surface area contributed by atoms with Gasteiger partial charge in [-0.1, -0.05) is 23.2 Å². The summed E-state index contributed by atoms with van der Waals surface area (Å²) in [5.74, 6) is 0.671. The average Bonchev–Trinajstić information content (AvgIpc) is 2.55. The van der Waals surface area contributed by atoms with Crippen LogP contribution in [0.4, 0.5) is 10.2 Å². The van der Waals surface area contributed by atoms with Crippen LogP contribution in [0.25, 0.3) is 0 Å². The van der Waals surface area contributed by atoms with Gasteiger partial charge in [-0.3, -0.25) is 0 Å². The molecule has 8 heteroatoms. The molecule has 0 saturated carbocycles. The van der Waals surface area contributed by atoms with Crippen LogP contribution in [-0.4, -0.2) is 23.2 Å². The molecule has 2 aromatic rings. The molecule has 0 amide bonds. The molecule has 2 rings (SSSR count). The van der Waals surface area contributed by atoms with E-state index in [1.165, 1.54) is 18.3 Å². The molecule has 1 heterocycles. The van der Waals surface area contributed by atoms with Crippen LogP contribution >= 0.6 is 35.4 Å². The maximum atomic E-state index is 13.9. The van der Waals surface area contributed by atoms with Crippen molar-refractivity contribution < 1.29 is 9.13 Å². The molecule has 0 unspecified atom stereocenters. The maximum Gasteiger partial charge on any atom is 0.171 e. The van der Waals surface area contributed by atoms with Crippen molar-refractivity contribution in [2.45, 2.75) is 13.3 Å². The van der Waals surface area contributed by atoms with E-state index in [1.807, 2.05) is 6.92 Å². The highest BCUT2D eigenvalue weighted by atomic mass is 35.5. The number of halogens is 3. The van der Waals surface area contributed by atoms with Crippen molar-refractivity contribution in [3.63, 3.8) is 0 Å². The first-order valence-corrected chi connectivity index (χ1v) is 8.43. The van der Waals surface area contributed by atoms with Gasteiger partial charge in [0, 0.05) is 18.3 Å². The van der Waals surface area contributed by atoms with E-state index < -0.39 is 0 Å². The fraction of sp³-hybridized carbons (Fsp3) is 0.250. The summed E-state index contributed by atoms with van der Waals surface area (Å²) in [6, 6.07) is 6.28. The third-order valence-electron chi connectivity index (χ3n) is 3.08. The molecular weight excluding hydrogens is 372 g/mol. The lowest BCUT2D eigenvalue weighted by atomic mass is 10.1. The zero-order valence-electron chi connectivity index (χ0n) is 12.9. The van der Waals surface area contributed by atoms with Crippen LogP contribution in [0, 0.1) is 5.82 Å². The Morgan fingerprint density at radius 3 is 2.75 bits per heavy atom. The molecule has 0 atom stereocenters. The summed E-state index contributed by atoms with van der Waals surface area (Å²) in [6.07, 6.45) is 1.88. The topological polar surface area (TPSA) is 46.2 Å². The molecule has 1 aromatic heterocycles. The Balaban J connectivity index is 1.90. The number of thiocarbonyl (C=S) groups is 1. The fourth-order valence-electron chi connectivity index (χ4n) is 1.98. The minimum Gasteiger partial charge on any atom is -0.492 e. The summed E-state index contributed by atoms with van der Waals surface area (Å²) in [7, 11) is 0. The number of anilines is 1. The minimum absolute atomic E-state index is 0.289. The molecule has 0 spiro atoms. The molecule has 0 aliphatic heterocycles. The first-order chi connectivity index (χ1) is 11.5. The highest BCUT2D eigenvalue weighted by Gasteiger charge is 2.12. The SMILES string of the molecule is CCOc1ccc(F)c(CCNC(=S)Nc2ccc(Cl)cn2)c1Cl. The monoisotopic (exact) mass is 387 g/mol. The summed E-state index contributed by atoms with van der Waals surface area (Å²) in [5, 5.41) is 7.10. The molecular formula is C16H16Cl2FN3OS. The van der Waals surface area contributed by atoms with E-state index in [0.29, 0.717) is 46.8 Å². The van der Waals surface area contributed by atoms with Crippen molar-refractivity contribution in [3.8, 4) is 5.75 Å². The van der Waals surface area contributed by atoms with Crippen molar-refractivity contribution in [1.82, 2.24) is 10.3 Å². The van der Waals surface area contributed by atoms with Crippen LogP contribution in [0.2, 0.25) is 10.0 Å². The second-order valence-electron chi connectivity index (χ2n) is 4.76. The number of nitrogens with zero attached hydrogens (tertiary/aromatic N) is 1. The van der Waals surface area contributed by atoms with Crippen molar-refractivity contribution in [2.24, 2.45) is 0 Å². The maximum absolute atomic E-state index is 13.9. The van der Waals surface area contributed by atoms with Crippen LogP contribution in [0.15, 0.2) is 30.5 Å². The van der Waals surface area contributed by atoms with E-state index in [0.717, 1.165) is 0 Å². The third-order valence-corrected chi connectivity index (χ3v) is 3.96. The van der Waals surface area contributed by atoms with Crippen LogP contribution < -0.4 is 15.4 Å². The fourth-order valence-corrected chi connectivity index (χ4v) is 2.60. The smallest absolute Gasteiger partial charge is 0.171 e. The number of hydrogen-bond donors (Lipinski definition) is 2. The summed E-state index contributed by atoms with van der Waals surface area (Å²) < 4.78 is 19.3. The van der Waals surface area contributed by atoms with E-state index in [4.69, 9.17) is 40.2 Å². The van der Waals surface area contributed by atoms with E-state index >= 15 is 0 Å². The molecule has 0 radical (unpaired) electrons. The van der Waals surface area contributed by atoms with Gasteiger partial charge in [-0.25, -0.2) is 9.37 Å². The Morgan fingerprint density at radius 2 is 2.08 bits per heavy atom. The first kappa shape index (κ1) is 18.7. The van der Waals surface area contributed by atoms with Gasteiger partial charge in [0.1, 0.15) is 17.4 Å². The quantitative estimate of drug-likeness (QED) is 0.716. The standard InChI is InChI=1S/C16H16Cl2FN3OS/c1-2-23-13-5-4-12(19)11(15(13)18)7-8-20-16(24)22-14-6-3-10(17)9-21-14/h3-6,9H,2,7-8H2,1H3,(H2,20,21,22,24). The number of aromatic nitrogens is 1. The number of rotatable bonds is 6. The number of benzene rings is 1. The van der Waals surface area contributed by atoms with Gasteiger partial charge in [-0.05, 0) is 49.8 Å². The van der Waals surface area contributed by atoms with E-state index in [1.54, 1.807) is 12.1 Å². The van der Waals surface area contributed by atoms with Crippen LogP contribution in [0.3, 0.4) is 0 Å². The van der Waals surface area contributed by atoms with Crippen molar-refractivity contribution in [1.29, 1.82) is 0 Å². The van der Waals surface area contributed by atoms with Crippen LogP contribution in [0.1, 0.15) is 12.5 Å². The molecule has 128 valence electrons. The predicted molar refractivity (Wildman–Crippen MR) is 99.8 cm³/mol. The molecule has 0 aliphatic rings. The normalized spacial score (nSPS) is 10.3. The summed E-state index contributed by atoms with van der Waals surface area (Å²) >= 11 is 17.1.